The predicted octanol–water partition coefficient (Wildman–Crippen LogP) is 4.10. The van der Waals surface area contributed by atoms with Gasteiger partial charge in [-0.3, -0.25) is 0 Å². The molecule has 0 aliphatic carbocycles. The zero-order chi connectivity index (χ0) is 14.4. The molecule has 0 bridgehead atoms. The first-order chi connectivity index (χ1) is 9.70. The number of thioether (sulfide) groups is 1. The van der Waals surface area contributed by atoms with Crippen molar-refractivity contribution in [2.45, 2.75) is 4.90 Å². The van der Waals surface area contributed by atoms with Crippen molar-refractivity contribution in [3.05, 3.63) is 47.5 Å². The van der Waals surface area contributed by atoms with Gasteiger partial charge >= 0.3 is 0 Å². The number of benzene rings is 2. The lowest BCUT2D eigenvalue weighted by Gasteiger charge is -2.10. The van der Waals surface area contributed by atoms with E-state index in [9.17, 15) is 0 Å². The second-order valence-corrected chi connectivity index (χ2v) is 5.60. The van der Waals surface area contributed by atoms with E-state index in [4.69, 9.17) is 26.8 Å². The standard InChI is InChI=1S/C15H16ClNO2S/c1-18-13-4-2-3-5-14(13)19-8-9-20-15-10-11(16)6-7-12(15)17/h2-7,10H,8-9,17H2,1H3. The monoisotopic (exact) mass is 309 g/mol. The zero-order valence-electron chi connectivity index (χ0n) is 11.1. The van der Waals surface area contributed by atoms with E-state index in [-0.39, 0.29) is 0 Å². The molecule has 0 amide bonds. The zero-order valence-corrected chi connectivity index (χ0v) is 12.7. The molecule has 3 nitrogen and oxygen atoms in total. The van der Waals surface area contributed by atoms with E-state index in [0.717, 1.165) is 27.8 Å². The van der Waals surface area contributed by atoms with Crippen LogP contribution in [0.15, 0.2) is 47.4 Å². The number of hydrogen-bond acceptors (Lipinski definition) is 4. The lowest BCUT2D eigenvalue weighted by Crippen LogP contribution is -2.02. The molecular formula is C15H16ClNO2S. The van der Waals surface area contributed by atoms with Crippen molar-refractivity contribution >= 4 is 29.1 Å². The van der Waals surface area contributed by atoms with Crippen molar-refractivity contribution in [2.24, 2.45) is 0 Å². The molecule has 0 atom stereocenters. The van der Waals surface area contributed by atoms with Gasteiger partial charge in [0.05, 0.1) is 13.7 Å². The maximum Gasteiger partial charge on any atom is 0.161 e. The summed E-state index contributed by atoms with van der Waals surface area (Å²) in [5, 5.41) is 0.687. The molecule has 2 aromatic carbocycles. The number of methoxy groups -OCH3 is 1. The van der Waals surface area contributed by atoms with Gasteiger partial charge in [0.15, 0.2) is 11.5 Å². The van der Waals surface area contributed by atoms with Crippen LogP contribution in [-0.4, -0.2) is 19.5 Å². The first-order valence-corrected chi connectivity index (χ1v) is 7.50. The number of para-hydroxylation sites is 2. The Labute approximate surface area is 128 Å². The average molecular weight is 310 g/mol. The molecule has 0 aromatic heterocycles. The van der Waals surface area contributed by atoms with E-state index in [1.165, 1.54) is 0 Å². The van der Waals surface area contributed by atoms with Crippen molar-refractivity contribution in [2.75, 3.05) is 25.2 Å². The van der Waals surface area contributed by atoms with Gasteiger partial charge in [0, 0.05) is 21.4 Å². The third kappa shape index (κ3) is 3.99. The molecule has 0 unspecified atom stereocenters. The van der Waals surface area contributed by atoms with Crippen LogP contribution in [0.4, 0.5) is 5.69 Å². The maximum atomic E-state index is 5.95. The number of anilines is 1. The highest BCUT2D eigenvalue weighted by molar-refractivity contribution is 7.99. The van der Waals surface area contributed by atoms with Gasteiger partial charge in [0.2, 0.25) is 0 Å². The number of nitrogen functional groups attached to an aromatic ring is 1. The number of rotatable bonds is 6. The average Bonchev–Trinajstić information content (AvgIpc) is 2.47. The van der Waals surface area contributed by atoms with Crippen molar-refractivity contribution in [3.63, 3.8) is 0 Å². The van der Waals surface area contributed by atoms with Crippen molar-refractivity contribution in [3.8, 4) is 11.5 Å². The van der Waals surface area contributed by atoms with Gasteiger partial charge in [0.1, 0.15) is 0 Å². The van der Waals surface area contributed by atoms with Crippen LogP contribution >= 0.6 is 23.4 Å². The van der Waals surface area contributed by atoms with Gasteiger partial charge in [-0.15, -0.1) is 11.8 Å². The predicted molar refractivity (Wildman–Crippen MR) is 85.1 cm³/mol. The Morgan fingerprint density at radius 3 is 2.65 bits per heavy atom. The molecule has 0 saturated heterocycles. The van der Waals surface area contributed by atoms with E-state index in [1.807, 2.05) is 36.4 Å². The molecule has 0 spiro atoms. The van der Waals surface area contributed by atoms with Gasteiger partial charge in [-0.25, -0.2) is 0 Å². The van der Waals surface area contributed by atoms with E-state index in [1.54, 1.807) is 24.9 Å². The first kappa shape index (κ1) is 14.9. The lowest BCUT2D eigenvalue weighted by atomic mass is 10.3. The number of hydrogen-bond donors (Lipinski definition) is 1. The van der Waals surface area contributed by atoms with Crippen molar-refractivity contribution in [1.82, 2.24) is 0 Å². The van der Waals surface area contributed by atoms with Crippen LogP contribution in [0.1, 0.15) is 0 Å². The van der Waals surface area contributed by atoms with Crippen LogP contribution in [0.2, 0.25) is 5.02 Å². The van der Waals surface area contributed by atoms with Gasteiger partial charge in [-0.2, -0.15) is 0 Å². The molecular weight excluding hydrogens is 294 g/mol. The highest BCUT2D eigenvalue weighted by Gasteiger charge is 2.04. The third-order valence-electron chi connectivity index (χ3n) is 2.64. The molecule has 2 N–H and O–H groups in total. The Morgan fingerprint density at radius 1 is 1.15 bits per heavy atom. The Morgan fingerprint density at radius 2 is 1.90 bits per heavy atom. The largest absolute Gasteiger partial charge is 0.493 e. The first-order valence-electron chi connectivity index (χ1n) is 6.14. The van der Waals surface area contributed by atoms with E-state index in [0.29, 0.717) is 11.6 Å². The number of halogens is 1. The van der Waals surface area contributed by atoms with Crippen LogP contribution in [0.5, 0.6) is 11.5 Å². The summed E-state index contributed by atoms with van der Waals surface area (Å²) in [4.78, 5) is 0.973. The van der Waals surface area contributed by atoms with Gasteiger partial charge in [0.25, 0.3) is 0 Å². The van der Waals surface area contributed by atoms with Crippen LogP contribution < -0.4 is 15.2 Å². The van der Waals surface area contributed by atoms with E-state index < -0.39 is 0 Å². The molecule has 0 aliphatic heterocycles. The highest BCUT2D eigenvalue weighted by atomic mass is 35.5. The van der Waals surface area contributed by atoms with Crippen LogP contribution in [-0.2, 0) is 0 Å². The van der Waals surface area contributed by atoms with Gasteiger partial charge in [-0.1, -0.05) is 23.7 Å². The molecule has 5 heteroatoms. The molecule has 20 heavy (non-hydrogen) atoms. The Balaban J connectivity index is 1.86. The Hall–Kier alpha value is -1.52. The summed E-state index contributed by atoms with van der Waals surface area (Å²) in [7, 11) is 1.63. The maximum absolute atomic E-state index is 5.95. The summed E-state index contributed by atoms with van der Waals surface area (Å²) in [5.41, 5.74) is 6.62. The molecule has 0 saturated carbocycles. The summed E-state index contributed by atoms with van der Waals surface area (Å²) in [6, 6.07) is 13.0. The topological polar surface area (TPSA) is 44.5 Å². The fourth-order valence-corrected chi connectivity index (χ4v) is 2.74. The summed E-state index contributed by atoms with van der Waals surface area (Å²) in [6.07, 6.45) is 0. The van der Waals surface area contributed by atoms with Crippen LogP contribution in [0.25, 0.3) is 0 Å². The second kappa shape index (κ2) is 7.31. The van der Waals surface area contributed by atoms with Crippen LogP contribution in [0.3, 0.4) is 0 Å². The molecule has 0 aliphatic rings. The summed E-state index contributed by atoms with van der Waals surface area (Å²) in [5.74, 6) is 2.26. The van der Waals surface area contributed by atoms with Crippen LogP contribution in [0, 0.1) is 0 Å². The Bertz CT molecular complexity index is 578. The molecule has 106 valence electrons. The van der Waals surface area contributed by atoms with Gasteiger partial charge in [-0.05, 0) is 30.3 Å². The number of nitrogens with two attached hydrogens (primary N) is 1. The smallest absolute Gasteiger partial charge is 0.161 e. The lowest BCUT2D eigenvalue weighted by molar-refractivity contribution is 0.313. The summed E-state index contributed by atoms with van der Waals surface area (Å²) < 4.78 is 10.9. The third-order valence-corrected chi connectivity index (χ3v) is 3.91. The van der Waals surface area contributed by atoms with Crippen molar-refractivity contribution < 1.29 is 9.47 Å². The Kier molecular flexibility index (Phi) is 5.44. The number of ether oxygens (including phenoxy) is 2. The molecule has 0 radical (unpaired) electrons. The normalized spacial score (nSPS) is 10.3. The van der Waals surface area contributed by atoms with E-state index in [2.05, 4.69) is 0 Å². The quantitative estimate of drug-likeness (QED) is 0.495. The molecule has 2 rings (SSSR count). The second-order valence-electron chi connectivity index (χ2n) is 4.03. The minimum atomic E-state index is 0.566. The SMILES string of the molecule is COc1ccccc1OCCSc1cc(Cl)ccc1N. The fraction of sp³-hybridized carbons (Fsp3) is 0.200. The van der Waals surface area contributed by atoms with E-state index >= 15 is 0 Å². The fourth-order valence-electron chi connectivity index (χ4n) is 1.67. The molecule has 0 heterocycles. The molecule has 2 aromatic rings. The minimum Gasteiger partial charge on any atom is -0.493 e. The van der Waals surface area contributed by atoms with Crippen molar-refractivity contribution in [1.29, 1.82) is 0 Å². The van der Waals surface area contributed by atoms with Gasteiger partial charge < -0.3 is 15.2 Å². The minimum absolute atomic E-state index is 0.566. The summed E-state index contributed by atoms with van der Waals surface area (Å²) in [6.45, 7) is 0.566. The summed E-state index contributed by atoms with van der Waals surface area (Å²) >= 11 is 7.57. The molecule has 0 fully saturated rings. The highest BCUT2D eigenvalue weighted by Crippen LogP contribution is 2.29.